The van der Waals surface area contributed by atoms with Gasteiger partial charge in [0.25, 0.3) is 0 Å². The van der Waals surface area contributed by atoms with Crippen LogP contribution in [0.2, 0.25) is 0 Å². The van der Waals surface area contributed by atoms with E-state index in [9.17, 15) is 0 Å². The van der Waals surface area contributed by atoms with E-state index in [1.807, 2.05) is 0 Å². The summed E-state index contributed by atoms with van der Waals surface area (Å²) in [6.07, 6.45) is 1.15. The third-order valence-corrected chi connectivity index (χ3v) is 3.57. The van der Waals surface area contributed by atoms with Gasteiger partial charge in [0.2, 0.25) is 0 Å². The van der Waals surface area contributed by atoms with E-state index in [0.29, 0.717) is 11.9 Å². The molecule has 0 radical (unpaired) electrons. The number of halogens is 1. The standard InChI is InChI=1S/C16H26N4.HI/c1-13(2)11-19-16(17)18-8-10-20-9-7-14-5-3-4-6-15(14)12-20;/h3-6,13H,7-12H2,1-2H3,(H3,17,18,19);1H. The number of hydrogen-bond donors (Lipinski definition) is 2. The Labute approximate surface area is 145 Å². The topological polar surface area (TPSA) is 53.6 Å². The van der Waals surface area contributed by atoms with Crippen molar-refractivity contribution in [2.75, 3.05) is 26.2 Å². The molecule has 0 saturated heterocycles. The zero-order chi connectivity index (χ0) is 14.4. The Bertz CT molecular complexity index is 459. The van der Waals surface area contributed by atoms with E-state index in [1.165, 1.54) is 11.1 Å². The monoisotopic (exact) mass is 402 g/mol. The second-order valence-electron chi connectivity index (χ2n) is 5.84. The average molecular weight is 402 g/mol. The zero-order valence-corrected chi connectivity index (χ0v) is 15.3. The fourth-order valence-electron chi connectivity index (χ4n) is 2.42. The number of hydrogen-bond acceptors (Lipinski definition) is 2. The molecule has 3 N–H and O–H groups in total. The first-order valence-corrected chi connectivity index (χ1v) is 7.48. The van der Waals surface area contributed by atoms with Crippen LogP contribution in [-0.2, 0) is 13.0 Å². The van der Waals surface area contributed by atoms with E-state index in [-0.39, 0.29) is 24.0 Å². The van der Waals surface area contributed by atoms with E-state index < -0.39 is 0 Å². The van der Waals surface area contributed by atoms with Crippen molar-refractivity contribution in [1.82, 2.24) is 10.2 Å². The van der Waals surface area contributed by atoms with Crippen molar-refractivity contribution < 1.29 is 0 Å². The van der Waals surface area contributed by atoms with Gasteiger partial charge in [0, 0.05) is 32.7 Å². The second-order valence-corrected chi connectivity index (χ2v) is 5.84. The summed E-state index contributed by atoms with van der Waals surface area (Å²) in [4.78, 5) is 6.77. The zero-order valence-electron chi connectivity index (χ0n) is 13.0. The quantitative estimate of drug-likeness (QED) is 0.451. The number of benzene rings is 1. The molecule has 1 aliphatic rings. The van der Waals surface area contributed by atoms with Crippen molar-refractivity contribution in [1.29, 1.82) is 0 Å². The Morgan fingerprint density at radius 2 is 2.05 bits per heavy atom. The third-order valence-electron chi connectivity index (χ3n) is 3.57. The van der Waals surface area contributed by atoms with Crippen LogP contribution in [0.3, 0.4) is 0 Å². The maximum absolute atomic E-state index is 5.83. The minimum Gasteiger partial charge on any atom is -0.370 e. The molecule has 5 heteroatoms. The molecular weight excluding hydrogens is 375 g/mol. The van der Waals surface area contributed by atoms with E-state index in [0.717, 1.165) is 39.1 Å². The van der Waals surface area contributed by atoms with Gasteiger partial charge in [-0.3, -0.25) is 9.89 Å². The molecule has 0 saturated carbocycles. The Kier molecular flexibility index (Phi) is 8.03. The highest BCUT2D eigenvalue weighted by atomic mass is 127. The fraction of sp³-hybridized carbons (Fsp3) is 0.562. The van der Waals surface area contributed by atoms with Gasteiger partial charge < -0.3 is 11.1 Å². The van der Waals surface area contributed by atoms with Crippen molar-refractivity contribution in [3.8, 4) is 0 Å². The van der Waals surface area contributed by atoms with Gasteiger partial charge in [-0.05, 0) is 23.5 Å². The first kappa shape index (κ1) is 18.2. The predicted molar refractivity (Wildman–Crippen MR) is 100 cm³/mol. The molecule has 118 valence electrons. The van der Waals surface area contributed by atoms with Gasteiger partial charge in [0.15, 0.2) is 5.96 Å². The normalized spacial score (nSPS) is 15.5. The Balaban J connectivity index is 0.00000220. The molecule has 2 rings (SSSR count). The van der Waals surface area contributed by atoms with Crippen LogP contribution in [0.25, 0.3) is 0 Å². The number of rotatable bonds is 5. The van der Waals surface area contributed by atoms with Gasteiger partial charge in [-0.15, -0.1) is 24.0 Å². The molecular formula is C16H27IN4. The highest BCUT2D eigenvalue weighted by molar-refractivity contribution is 14.0. The summed E-state index contributed by atoms with van der Waals surface area (Å²) in [5.41, 5.74) is 8.79. The number of nitrogens with two attached hydrogens (primary N) is 1. The Morgan fingerprint density at radius 3 is 2.76 bits per heavy atom. The first-order chi connectivity index (χ1) is 9.65. The van der Waals surface area contributed by atoms with Crippen molar-refractivity contribution in [3.63, 3.8) is 0 Å². The Hall–Kier alpha value is -0.820. The van der Waals surface area contributed by atoms with Crippen LogP contribution in [0.1, 0.15) is 25.0 Å². The molecule has 1 heterocycles. The van der Waals surface area contributed by atoms with Crippen molar-refractivity contribution in [3.05, 3.63) is 35.4 Å². The number of nitrogens with one attached hydrogen (secondary N) is 1. The summed E-state index contributed by atoms with van der Waals surface area (Å²) in [6, 6.07) is 8.72. The molecule has 0 atom stereocenters. The van der Waals surface area contributed by atoms with Crippen LogP contribution in [-0.4, -0.2) is 37.0 Å². The molecule has 0 bridgehead atoms. The first-order valence-electron chi connectivity index (χ1n) is 7.48. The molecule has 0 unspecified atom stereocenters. The molecule has 1 aromatic rings. The van der Waals surface area contributed by atoms with Crippen molar-refractivity contribution in [2.24, 2.45) is 16.6 Å². The van der Waals surface area contributed by atoms with Crippen LogP contribution < -0.4 is 11.1 Å². The smallest absolute Gasteiger partial charge is 0.188 e. The van der Waals surface area contributed by atoms with Gasteiger partial charge in [-0.2, -0.15) is 0 Å². The van der Waals surface area contributed by atoms with Crippen molar-refractivity contribution in [2.45, 2.75) is 26.8 Å². The minimum absolute atomic E-state index is 0. The van der Waals surface area contributed by atoms with Gasteiger partial charge in [-0.25, -0.2) is 0 Å². The van der Waals surface area contributed by atoms with Gasteiger partial charge >= 0.3 is 0 Å². The van der Waals surface area contributed by atoms with Gasteiger partial charge in [0.05, 0.1) is 0 Å². The summed E-state index contributed by atoms with van der Waals surface area (Å²) in [5, 5.41) is 3.20. The number of guanidine groups is 1. The van der Waals surface area contributed by atoms with Crippen LogP contribution in [0.5, 0.6) is 0 Å². The largest absolute Gasteiger partial charge is 0.370 e. The lowest BCUT2D eigenvalue weighted by Crippen LogP contribution is -2.40. The molecule has 1 aliphatic heterocycles. The van der Waals surface area contributed by atoms with Gasteiger partial charge in [-0.1, -0.05) is 38.1 Å². The lowest BCUT2D eigenvalue weighted by molar-refractivity contribution is 0.258. The molecule has 0 spiro atoms. The highest BCUT2D eigenvalue weighted by Crippen LogP contribution is 2.17. The van der Waals surface area contributed by atoms with Crippen molar-refractivity contribution >= 4 is 29.9 Å². The molecule has 0 aromatic heterocycles. The maximum Gasteiger partial charge on any atom is 0.188 e. The van der Waals surface area contributed by atoms with E-state index >= 15 is 0 Å². The summed E-state index contributed by atoms with van der Waals surface area (Å²) in [6.45, 7) is 9.10. The molecule has 0 fully saturated rings. The van der Waals surface area contributed by atoms with E-state index in [4.69, 9.17) is 5.73 Å². The number of aliphatic imine (C=N–C) groups is 1. The summed E-state index contributed by atoms with van der Waals surface area (Å²) < 4.78 is 0. The van der Waals surface area contributed by atoms with Crippen LogP contribution in [0.15, 0.2) is 29.3 Å². The SMILES string of the molecule is CC(C)CN=C(N)NCCN1CCc2ccccc2C1.I. The molecule has 0 amide bonds. The Morgan fingerprint density at radius 1 is 1.33 bits per heavy atom. The fourth-order valence-corrected chi connectivity index (χ4v) is 2.42. The summed E-state index contributed by atoms with van der Waals surface area (Å²) in [5.74, 6) is 1.12. The third kappa shape index (κ3) is 6.22. The summed E-state index contributed by atoms with van der Waals surface area (Å²) in [7, 11) is 0. The highest BCUT2D eigenvalue weighted by Gasteiger charge is 2.14. The minimum atomic E-state index is 0. The molecule has 1 aromatic carbocycles. The summed E-state index contributed by atoms with van der Waals surface area (Å²) >= 11 is 0. The van der Waals surface area contributed by atoms with E-state index in [2.05, 4.69) is 53.3 Å². The average Bonchev–Trinajstić information content (AvgIpc) is 2.45. The van der Waals surface area contributed by atoms with Crippen LogP contribution in [0.4, 0.5) is 0 Å². The maximum atomic E-state index is 5.83. The number of fused-ring (bicyclic) bond motifs is 1. The van der Waals surface area contributed by atoms with Gasteiger partial charge in [0.1, 0.15) is 0 Å². The molecule has 0 aliphatic carbocycles. The number of nitrogens with zero attached hydrogens (tertiary/aromatic N) is 2. The lowest BCUT2D eigenvalue weighted by Gasteiger charge is -2.28. The second kappa shape index (κ2) is 9.25. The van der Waals surface area contributed by atoms with Crippen LogP contribution in [0, 0.1) is 5.92 Å². The lowest BCUT2D eigenvalue weighted by atomic mass is 10.00. The molecule has 4 nitrogen and oxygen atoms in total. The molecule has 21 heavy (non-hydrogen) atoms. The van der Waals surface area contributed by atoms with Crippen LogP contribution >= 0.6 is 24.0 Å². The predicted octanol–water partition coefficient (Wildman–Crippen LogP) is 2.22. The van der Waals surface area contributed by atoms with E-state index in [1.54, 1.807) is 0 Å².